The number of hydrogen-bond donors (Lipinski definition) is 0. The Morgan fingerprint density at radius 2 is 1.33 bits per heavy atom. The standard InChI is InChI=1S/C30H46N2O/c1-3-5-7-8-9-11-25-12-14-26(15-13-25)16-17-27-18-20-28(21-19-27)30-31-23-29(24-32-30)33-22-10-6-4-2/h18-21,23-26H,3-17,22H2,1-2H3/t25-,26-. The minimum atomic E-state index is 0.742. The first-order chi connectivity index (χ1) is 16.3. The first kappa shape index (κ1) is 25.7. The summed E-state index contributed by atoms with van der Waals surface area (Å²) in [5.41, 5.74) is 2.52. The molecule has 3 heteroatoms. The summed E-state index contributed by atoms with van der Waals surface area (Å²) in [4.78, 5) is 9.01. The second kappa shape index (κ2) is 15.1. The van der Waals surface area contributed by atoms with Crippen LogP contribution in [-0.4, -0.2) is 16.6 Å². The predicted molar refractivity (Wildman–Crippen MR) is 140 cm³/mol. The van der Waals surface area contributed by atoms with Crippen LogP contribution in [0.15, 0.2) is 36.7 Å². The van der Waals surface area contributed by atoms with E-state index in [1.807, 2.05) is 0 Å². The van der Waals surface area contributed by atoms with Crippen LogP contribution >= 0.6 is 0 Å². The fourth-order valence-electron chi connectivity index (χ4n) is 5.12. The number of ether oxygens (including phenoxy) is 1. The molecule has 0 aliphatic heterocycles. The van der Waals surface area contributed by atoms with Gasteiger partial charge in [0.05, 0.1) is 19.0 Å². The zero-order valence-electron chi connectivity index (χ0n) is 21.2. The van der Waals surface area contributed by atoms with Crippen molar-refractivity contribution in [3.63, 3.8) is 0 Å². The Kier molecular flexibility index (Phi) is 11.8. The van der Waals surface area contributed by atoms with E-state index >= 15 is 0 Å². The highest BCUT2D eigenvalue weighted by Gasteiger charge is 2.20. The average Bonchev–Trinajstić information content (AvgIpc) is 2.87. The number of rotatable bonds is 15. The molecule has 0 atom stereocenters. The molecule has 0 amide bonds. The van der Waals surface area contributed by atoms with Crippen molar-refractivity contribution in [2.24, 2.45) is 11.8 Å². The van der Waals surface area contributed by atoms with Crippen molar-refractivity contribution in [3.05, 3.63) is 42.2 Å². The topological polar surface area (TPSA) is 35.0 Å². The van der Waals surface area contributed by atoms with E-state index in [2.05, 4.69) is 48.1 Å². The lowest BCUT2D eigenvalue weighted by atomic mass is 9.77. The fourth-order valence-corrected chi connectivity index (χ4v) is 5.12. The summed E-state index contributed by atoms with van der Waals surface area (Å²) in [6.07, 6.45) is 24.0. The van der Waals surface area contributed by atoms with Crippen LogP contribution in [0.4, 0.5) is 0 Å². The van der Waals surface area contributed by atoms with Gasteiger partial charge in [0.15, 0.2) is 11.6 Å². The Bertz CT molecular complexity index is 748. The van der Waals surface area contributed by atoms with Crippen molar-refractivity contribution in [3.8, 4) is 17.1 Å². The third-order valence-electron chi connectivity index (χ3n) is 7.38. The first-order valence-electron chi connectivity index (χ1n) is 13.8. The van der Waals surface area contributed by atoms with Crippen molar-refractivity contribution >= 4 is 0 Å². The molecule has 3 nitrogen and oxygen atoms in total. The number of aryl methyl sites for hydroxylation is 1. The van der Waals surface area contributed by atoms with Crippen LogP contribution in [0.25, 0.3) is 11.4 Å². The van der Waals surface area contributed by atoms with E-state index < -0.39 is 0 Å². The number of benzene rings is 1. The monoisotopic (exact) mass is 450 g/mol. The molecule has 1 aromatic carbocycles. The summed E-state index contributed by atoms with van der Waals surface area (Å²) >= 11 is 0. The fraction of sp³-hybridized carbons (Fsp3) is 0.667. The average molecular weight is 451 g/mol. The lowest BCUT2D eigenvalue weighted by Crippen LogP contribution is -2.15. The largest absolute Gasteiger partial charge is 0.490 e. The van der Waals surface area contributed by atoms with E-state index in [1.165, 1.54) is 95.5 Å². The highest BCUT2D eigenvalue weighted by Crippen LogP contribution is 2.34. The quantitative estimate of drug-likeness (QED) is 0.254. The van der Waals surface area contributed by atoms with Crippen molar-refractivity contribution in [2.75, 3.05) is 6.61 Å². The van der Waals surface area contributed by atoms with Crippen LogP contribution in [0.1, 0.15) is 109 Å². The van der Waals surface area contributed by atoms with Crippen LogP contribution in [0.5, 0.6) is 5.75 Å². The molecule has 1 aromatic heterocycles. The van der Waals surface area contributed by atoms with Crippen molar-refractivity contribution < 1.29 is 4.74 Å². The normalized spacial score (nSPS) is 18.4. The molecule has 0 spiro atoms. The third-order valence-corrected chi connectivity index (χ3v) is 7.38. The van der Waals surface area contributed by atoms with E-state index in [9.17, 15) is 0 Å². The van der Waals surface area contributed by atoms with Crippen molar-refractivity contribution in [1.29, 1.82) is 0 Å². The van der Waals surface area contributed by atoms with Gasteiger partial charge in [0.2, 0.25) is 0 Å². The van der Waals surface area contributed by atoms with Gasteiger partial charge in [0.25, 0.3) is 0 Å². The van der Waals surface area contributed by atoms with E-state index in [4.69, 9.17) is 4.74 Å². The summed E-state index contributed by atoms with van der Waals surface area (Å²) in [5, 5.41) is 0. The molecule has 0 N–H and O–H groups in total. The molecule has 2 aromatic rings. The van der Waals surface area contributed by atoms with E-state index in [0.29, 0.717) is 0 Å². The van der Waals surface area contributed by atoms with Gasteiger partial charge in [-0.2, -0.15) is 0 Å². The Balaban J connectivity index is 1.35. The zero-order valence-corrected chi connectivity index (χ0v) is 21.2. The minimum Gasteiger partial charge on any atom is -0.490 e. The molecule has 3 rings (SSSR count). The molecular formula is C30H46N2O. The molecule has 1 aliphatic carbocycles. The van der Waals surface area contributed by atoms with Crippen molar-refractivity contribution in [1.82, 2.24) is 9.97 Å². The number of hydrogen-bond acceptors (Lipinski definition) is 3. The maximum atomic E-state index is 5.72. The lowest BCUT2D eigenvalue weighted by Gasteiger charge is -2.28. The van der Waals surface area contributed by atoms with Gasteiger partial charge in [0.1, 0.15) is 0 Å². The van der Waals surface area contributed by atoms with Gasteiger partial charge in [-0.15, -0.1) is 0 Å². The molecule has 182 valence electrons. The second-order valence-corrected chi connectivity index (χ2v) is 10.1. The summed E-state index contributed by atoms with van der Waals surface area (Å²) in [6, 6.07) is 8.86. The van der Waals surface area contributed by atoms with Gasteiger partial charge in [-0.3, -0.25) is 0 Å². The van der Waals surface area contributed by atoms with Crippen LogP contribution < -0.4 is 4.74 Å². The molecule has 0 unspecified atom stereocenters. The Morgan fingerprint density at radius 3 is 2.00 bits per heavy atom. The molecule has 1 saturated carbocycles. The van der Waals surface area contributed by atoms with Gasteiger partial charge in [-0.1, -0.05) is 115 Å². The SMILES string of the molecule is CCCCCCC[C@H]1CC[C@H](CCc2ccc(-c3ncc(OCCCCC)cn3)cc2)CC1. The molecule has 0 bridgehead atoms. The number of aromatic nitrogens is 2. The van der Waals surface area contributed by atoms with Crippen LogP contribution in [-0.2, 0) is 6.42 Å². The minimum absolute atomic E-state index is 0.742. The van der Waals surface area contributed by atoms with Gasteiger partial charge in [-0.05, 0) is 36.7 Å². The van der Waals surface area contributed by atoms with E-state index in [1.54, 1.807) is 12.4 Å². The van der Waals surface area contributed by atoms with Gasteiger partial charge in [-0.25, -0.2) is 9.97 Å². The van der Waals surface area contributed by atoms with Gasteiger partial charge < -0.3 is 4.74 Å². The third kappa shape index (κ3) is 9.47. The summed E-state index contributed by atoms with van der Waals surface area (Å²) in [6.45, 7) is 5.24. The summed E-state index contributed by atoms with van der Waals surface area (Å²) in [5.74, 6) is 3.47. The first-order valence-corrected chi connectivity index (χ1v) is 13.8. The van der Waals surface area contributed by atoms with E-state index in [0.717, 1.165) is 42.0 Å². The predicted octanol–water partition coefficient (Wildman–Crippen LogP) is 8.81. The van der Waals surface area contributed by atoms with Gasteiger partial charge >= 0.3 is 0 Å². The molecule has 33 heavy (non-hydrogen) atoms. The van der Waals surface area contributed by atoms with E-state index in [-0.39, 0.29) is 0 Å². The lowest BCUT2D eigenvalue weighted by molar-refractivity contribution is 0.248. The van der Waals surface area contributed by atoms with Crippen LogP contribution in [0.3, 0.4) is 0 Å². The van der Waals surface area contributed by atoms with Gasteiger partial charge in [0, 0.05) is 5.56 Å². The molecule has 0 saturated heterocycles. The Labute approximate surface area is 202 Å². The highest BCUT2D eigenvalue weighted by atomic mass is 16.5. The highest BCUT2D eigenvalue weighted by molar-refractivity contribution is 5.55. The number of nitrogens with zero attached hydrogens (tertiary/aromatic N) is 2. The maximum Gasteiger partial charge on any atom is 0.159 e. The maximum absolute atomic E-state index is 5.72. The Hall–Kier alpha value is -1.90. The Morgan fingerprint density at radius 1 is 0.727 bits per heavy atom. The molecule has 1 heterocycles. The van der Waals surface area contributed by atoms with Crippen LogP contribution in [0, 0.1) is 11.8 Å². The molecular weight excluding hydrogens is 404 g/mol. The molecule has 0 radical (unpaired) electrons. The van der Waals surface area contributed by atoms with Crippen LogP contribution in [0.2, 0.25) is 0 Å². The van der Waals surface area contributed by atoms with Crippen molar-refractivity contribution in [2.45, 2.75) is 110 Å². The zero-order chi connectivity index (χ0) is 23.1. The number of unbranched alkanes of at least 4 members (excludes halogenated alkanes) is 6. The summed E-state index contributed by atoms with van der Waals surface area (Å²) < 4.78 is 5.72. The molecule has 1 fully saturated rings. The summed E-state index contributed by atoms with van der Waals surface area (Å²) in [7, 11) is 0. The smallest absolute Gasteiger partial charge is 0.159 e. The second-order valence-electron chi connectivity index (χ2n) is 10.1. The molecule has 1 aliphatic rings.